The lowest BCUT2D eigenvalue weighted by molar-refractivity contribution is -0.133. The van der Waals surface area contributed by atoms with E-state index in [-0.39, 0.29) is 24.8 Å². The number of carbonyl (C=O) groups excluding carboxylic acids is 2. The lowest BCUT2D eigenvalue weighted by Crippen LogP contribution is -2.55. The van der Waals surface area contributed by atoms with E-state index in [1.165, 1.54) is 4.90 Å². The first kappa shape index (κ1) is 13.7. The summed E-state index contributed by atoms with van der Waals surface area (Å²) in [5.41, 5.74) is 0.770. The Balaban J connectivity index is 2.43. The van der Waals surface area contributed by atoms with Crippen molar-refractivity contribution in [2.24, 2.45) is 0 Å². The SMILES string of the molecule is CCC(C)(CCO)N1C(=O)Cc2ccccc2C1=O. The summed E-state index contributed by atoms with van der Waals surface area (Å²) in [7, 11) is 0. The number of aliphatic hydroxyl groups excluding tert-OH is 1. The fourth-order valence-corrected chi connectivity index (χ4v) is 2.59. The molecule has 19 heavy (non-hydrogen) atoms. The number of aliphatic hydroxyl groups is 1. The highest BCUT2D eigenvalue weighted by Crippen LogP contribution is 2.30. The van der Waals surface area contributed by atoms with E-state index in [9.17, 15) is 14.7 Å². The molecule has 0 saturated heterocycles. The minimum absolute atomic E-state index is 0.0386. The molecule has 2 amide bonds. The van der Waals surface area contributed by atoms with Crippen molar-refractivity contribution in [2.75, 3.05) is 6.61 Å². The summed E-state index contributed by atoms with van der Waals surface area (Å²) in [5, 5.41) is 9.18. The van der Waals surface area contributed by atoms with Crippen molar-refractivity contribution < 1.29 is 14.7 Å². The van der Waals surface area contributed by atoms with Crippen LogP contribution in [0.3, 0.4) is 0 Å². The molecule has 0 bridgehead atoms. The van der Waals surface area contributed by atoms with Gasteiger partial charge >= 0.3 is 0 Å². The van der Waals surface area contributed by atoms with Crippen molar-refractivity contribution in [1.82, 2.24) is 4.90 Å². The van der Waals surface area contributed by atoms with Crippen molar-refractivity contribution in [3.05, 3.63) is 35.4 Å². The highest BCUT2D eigenvalue weighted by Gasteiger charge is 2.41. The van der Waals surface area contributed by atoms with Crippen molar-refractivity contribution >= 4 is 11.8 Å². The summed E-state index contributed by atoms with van der Waals surface area (Å²) in [6.45, 7) is 3.74. The second kappa shape index (κ2) is 5.13. The number of benzene rings is 1. The van der Waals surface area contributed by atoms with Crippen molar-refractivity contribution in [3.8, 4) is 0 Å². The van der Waals surface area contributed by atoms with E-state index in [1.54, 1.807) is 12.1 Å². The van der Waals surface area contributed by atoms with Gasteiger partial charge in [0.15, 0.2) is 0 Å². The molecule has 102 valence electrons. The fraction of sp³-hybridized carbons (Fsp3) is 0.467. The maximum absolute atomic E-state index is 12.5. The van der Waals surface area contributed by atoms with Crippen LogP contribution in [0.4, 0.5) is 0 Å². The zero-order valence-electron chi connectivity index (χ0n) is 11.3. The lowest BCUT2D eigenvalue weighted by Gasteiger charge is -2.41. The smallest absolute Gasteiger partial charge is 0.261 e. The maximum Gasteiger partial charge on any atom is 0.261 e. The second-order valence-electron chi connectivity index (χ2n) is 5.19. The third-order valence-electron chi connectivity index (χ3n) is 3.99. The van der Waals surface area contributed by atoms with Crippen LogP contribution in [0.2, 0.25) is 0 Å². The standard InChI is InChI=1S/C15H19NO3/c1-3-15(2,8-9-17)16-13(18)10-11-6-4-5-7-12(11)14(16)19/h4-7,17H,3,8-10H2,1-2H3. The summed E-state index contributed by atoms with van der Waals surface area (Å²) < 4.78 is 0. The first-order valence-corrected chi connectivity index (χ1v) is 6.59. The molecule has 2 rings (SSSR count). The van der Waals surface area contributed by atoms with E-state index < -0.39 is 5.54 Å². The fourth-order valence-electron chi connectivity index (χ4n) is 2.59. The number of hydrogen-bond acceptors (Lipinski definition) is 3. The number of fused-ring (bicyclic) bond motifs is 1. The van der Waals surface area contributed by atoms with Crippen molar-refractivity contribution in [3.63, 3.8) is 0 Å². The maximum atomic E-state index is 12.5. The predicted molar refractivity (Wildman–Crippen MR) is 71.7 cm³/mol. The van der Waals surface area contributed by atoms with Crippen LogP contribution in [0.1, 0.15) is 42.6 Å². The topological polar surface area (TPSA) is 57.6 Å². The average Bonchev–Trinajstić information content (AvgIpc) is 2.39. The number of amides is 2. The first-order chi connectivity index (χ1) is 9.03. The number of nitrogens with zero attached hydrogens (tertiary/aromatic N) is 1. The van der Waals surface area contributed by atoms with E-state index in [2.05, 4.69) is 0 Å². The Morgan fingerprint density at radius 2 is 2.00 bits per heavy atom. The van der Waals surface area contributed by atoms with Gasteiger partial charge < -0.3 is 5.11 Å². The summed E-state index contributed by atoms with van der Waals surface area (Å²) in [6, 6.07) is 7.21. The highest BCUT2D eigenvalue weighted by molar-refractivity contribution is 6.10. The molecule has 1 unspecified atom stereocenters. The van der Waals surface area contributed by atoms with Crippen LogP contribution in [0.15, 0.2) is 24.3 Å². The van der Waals surface area contributed by atoms with Crippen LogP contribution in [0.5, 0.6) is 0 Å². The Kier molecular flexibility index (Phi) is 3.71. The number of rotatable bonds is 4. The van der Waals surface area contributed by atoms with Gasteiger partial charge in [-0.2, -0.15) is 0 Å². The molecule has 4 heteroatoms. The zero-order chi connectivity index (χ0) is 14.0. The third kappa shape index (κ3) is 2.28. The Hall–Kier alpha value is -1.68. The summed E-state index contributed by atoms with van der Waals surface area (Å²) >= 11 is 0. The van der Waals surface area contributed by atoms with Crippen molar-refractivity contribution in [2.45, 2.75) is 38.6 Å². The van der Waals surface area contributed by atoms with Crippen LogP contribution in [0, 0.1) is 0 Å². The van der Waals surface area contributed by atoms with Gasteiger partial charge in [-0.05, 0) is 31.4 Å². The van der Waals surface area contributed by atoms with Gasteiger partial charge in [0.25, 0.3) is 5.91 Å². The molecule has 0 fully saturated rings. The van der Waals surface area contributed by atoms with Gasteiger partial charge in [0, 0.05) is 12.2 Å². The van der Waals surface area contributed by atoms with E-state index in [0.717, 1.165) is 5.56 Å². The largest absolute Gasteiger partial charge is 0.396 e. The van der Waals surface area contributed by atoms with Gasteiger partial charge in [-0.25, -0.2) is 0 Å². The molecular weight excluding hydrogens is 242 g/mol. The molecule has 0 spiro atoms. The lowest BCUT2D eigenvalue weighted by atomic mass is 9.87. The molecule has 4 nitrogen and oxygen atoms in total. The number of hydrogen-bond donors (Lipinski definition) is 1. The van der Waals surface area contributed by atoms with Gasteiger partial charge in [0.05, 0.1) is 12.0 Å². The zero-order valence-corrected chi connectivity index (χ0v) is 11.3. The number of carbonyl (C=O) groups is 2. The van der Waals surface area contributed by atoms with E-state index in [1.807, 2.05) is 26.0 Å². The first-order valence-electron chi connectivity index (χ1n) is 6.59. The summed E-state index contributed by atoms with van der Waals surface area (Å²) in [6.07, 6.45) is 1.29. The molecule has 0 aliphatic carbocycles. The quantitative estimate of drug-likeness (QED) is 0.840. The van der Waals surface area contributed by atoms with Crippen LogP contribution in [-0.2, 0) is 11.2 Å². The minimum atomic E-state index is -0.615. The summed E-state index contributed by atoms with van der Waals surface area (Å²) in [4.78, 5) is 26.1. The van der Waals surface area contributed by atoms with Crippen LogP contribution in [-0.4, -0.2) is 34.0 Å². The predicted octanol–water partition coefficient (Wildman–Crippen LogP) is 1.76. The van der Waals surface area contributed by atoms with Crippen molar-refractivity contribution in [1.29, 1.82) is 0 Å². The van der Waals surface area contributed by atoms with Gasteiger partial charge in [-0.3, -0.25) is 14.5 Å². The van der Waals surface area contributed by atoms with E-state index in [0.29, 0.717) is 18.4 Å². The molecule has 1 heterocycles. The normalized spacial score (nSPS) is 18.2. The van der Waals surface area contributed by atoms with Gasteiger partial charge in [0.1, 0.15) is 0 Å². The Morgan fingerprint density at radius 1 is 1.32 bits per heavy atom. The van der Waals surface area contributed by atoms with E-state index >= 15 is 0 Å². The van der Waals surface area contributed by atoms with Gasteiger partial charge in [-0.1, -0.05) is 25.1 Å². The molecular formula is C15H19NO3. The third-order valence-corrected chi connectivity index (χ3v) is 3.99. The van der Waals surface area contributed by atoms with Gasteiger partial charge in [-0.15, -0.1) is 0 Å². The van der Waals surface area contributed by atoms with E-state index in [4.69, 9.17) is 0 Å². The molecule has 1 N–H and O–H groups in total. The molecule has 1 aromatic carbocycles. The second-order valence-corrected chi connectivity index (χ2v) is 5.19. The molecule has 1 aromatic rings. The monoisotopic (exact) mass is 261 g/mol. The molecule has 0 radical (unpaired) electrons. The Bertz CT molecular complexity index is 512. The Morgan fingerprint density at radius 3 is 2.63 bits per heavy atom. The molecule has 1 aliphatic rings. The Labute approximate surface area is 113 Å². The molecule has 1 atom stereocenters. The molecule has 0 aromatic heterocycles. The molecule has 1 aliphatic heterocycles. The summed E-state index contributed by atoms with van der Waals surface area (Å²) in [5.74, 6) is -0.425. The van der Waals surface area contributed by atoms with Crippen LogP contribution < -0.4 is 0 Å². The van der Waals surface area contributed by atoms with Crippen LogP contribution >= 0.6 is 0 Å². The molecule has 0 saturated carbocycles. The average molecular weight is 261 g/mol. The number of imide groups is 1. The van der Waals surface area contributed by atoms with Gasteiger partial charge in [0.2, 0.25) is 5.91 Å². The van der Waals surface area contributed by atoms with Crippen LogP contribution in [0.25, 0.3) is 0 Å². The minimum Gasteiger partial charge on any atom is -0.396 e. The highest BCUT2D eigenvalue weighted by atomic mass is 16.3.